The number of aromatic amines is 2. The zero-order chi connectivity index (χ0) is 23.8. The van der Waals surface area contributed by atoms with Crippen LogP contribution in [0.1, 0.15) is 27.1 Å². The van der Waals surface area contributed by atoms with Crippen LogP contribution in [-0.2, 0) is 11.3 Å². The Kier molecular flexibility index (Phi) is 4.31. The Balaban J connectivity index is 1.64. The van der Waals surface area contributed by atoms with Gasteiger partial charge in [-0.05, 0) is 12.1 Å². The number of Topliss-reactive ketones (excluding diaryl/α,β-unsaturated/α-hetero) is 2. The topological polar surface area (TPSA) is 100 Å². The molecule has 0 amide bonds. The summed E-state index contributed by atoms with van der Waals surface area (Å²) < 4.78 is 22.0. The van der Waals surface area contributed by atoms with Crippen molar-refractivity contribution in [3.63, 3.8) is 0 Å². The smallest absolute Gasteiger partial charge is 0.216 e. The summed E-state index contributed by atoms with van der Waals surface area (Å²) in [5, 5.41) is 2.55. The minimum atomic E-state index is -0.874. The molecule has 176 valence electrons. The Labute approximate surface area is 197 Å². The summed E-state index contributed by atoms with van der Waals surface area (Å²) in [6, 6.07) is 4.40. The lowest BCUT2D eigenvalue weighted by Crippen LogP contribution is -2.38. The van der Waals surface area contributed by atoms with E-state index in [9.17, 15) is 18.8 Å². The van der Waals surface area contributed by atoms with Crippen LogP contribution in [0.25, 0.3) is 43.6 Å². The van der Waals surface area contributed by atoms with E-state index in [1.54, 1.807) is 6.20 Å². The van der Waals surface area contributed by atoms with Gasteiger partial charge in [0.25, 0.3) is 0 Å². The minimum absolute atomic E-state index is 0.211. The number of hydrogen-bond donors (Lipinski definition) is 2. The van der Waals surface area contributed by atoms with Gasteiger partial charge in [0.15, 0.2) is 17.4 Å². The van der Waals surface area contributed by atoms with Crippen LogP contribution in [0.15, 0.2) is 35.4 Å². The molecule has 1 aliphatic carbocycles. The van der Waals surface area contributed by atoms with Gasteiger partial charge in [0.2, 0.25) is 5.43 Å². The van der Waals surface area contributed by atoms with Gasteiger partial charge in [0.05, 0.1) is 41.7 Å². The maximum atomic E-state index is 14.6. The SMILES string of the molecule is O=C1CC(=O)c2c1c1c3cc[nH]cc3[nH]c1c1c2c2cc(F)c(=O)cc2n1CCN1CCOCC1. The maximum absolute atomic E-state index is 14.6. The van der Waals surface area contributed by atoms with E-state index in [0.717, 1.165) is 24.0 Å². The number of morpholine rings is 1. The van der Waals surface area contributed by atoms with E-state index in [1.807, 2.05) is 16.8 Å². The summed E-state index contributed by atoms with van der Waals surface area (Å²) in [5.41, 5.74) is 2.80. The average Bonchev–Trinajstić information content (AvgIpc) is 3.48. The predicted octanol–water partition coefficient (Wildman–Crippen LogP) is 3.36. The largest absolute Gasteiger partial charge is 0.379 e. The second-order valence-electron chi connectivity index (χ2n) is 9.25. The number of nitrogens with zero attached hydrogens (tertiary/aromatic N) is 2. The summed E-state index contributed by atoms with van der Waals surface area (Å²) >= 11 is 0. The third-order valence-electron chi connectivity index (χ3n) is 7.37. The van der Waals surface area contributed by atoms with Crippen LogP contribution in [0.3, 0.4) is 0 Å². The fourth-order valence-corrected chi connectivity index (χ4v) is 5.81. The van der Waals surface area contributed by atoms with E-state index in [1.165, 1.54) is 12.1 Å². The monoisotopic (exact) mass is 472 g/mol. The molecule has 0 radical (unpaired) electrons. The van der Waals surface area contributed by atoms with Crippen molar-refractivity contribution < 1.29 is 18.7 Å². The number of hydrogen-bond acceptors (Lipinski definition) is 5. The molecule has 0 atom stereocenters. The van der Waals surface area contributed by atoms with Crippen LogP contribution in [0.5, 0.6) is 0 Å². The quantitative estimate of drug-likeness (QED) is 0.392. The maximum Gasteiger partial charge on any atom is 0.216 e. The molecule has 2 aromatic carbocycles. The van der Waals surface area contributed by atoms with Crippen molar-refractivity contribution >= 4 is 55.2 Å². The molecule has 35 heavy (non-hydrogen) atoms. The van der Waals surface area contributed by atoms with Gasteiger partial charge in [-0.1, -0.05) is 0 Å². The van der Waals surface area contributed by atoms with Gasteiger partial charge < -0.3 is 19.3 Å². The van der Waals surface area contributed by atoms with Crippen molar-refractivity contribution in [2.45, 2.75) is 13.0 Å². The summed E-state index contributed by atoms with van der Waals surface area (Å²) in [5.74, 6) is -1.38. The van der Waals surface area contributed by atoms with Gasteiger partial charge in [-0.2, -0.15) is 0 Å². The number of H-pyrrole nitrogens is 2. The van der Waals surface area contributed by atoms with Crippen LogP contribution < -0.4 is 5.43 Å². The zero-order valence-electron chi connectivity index (χ0n) is 18.7. The second-order valence-corrected chi connectivity index (χ2v) is 9.25. The highest BCUT2D eigenvalue weighted by atomic mass is 19.1. The summed E-state index contributed by atoms with van der Waals surface area (Å²) in [4.78, 5) is 47.4. The molecule has 9 heteroatoms. The number of rotatable bonds is 3. The first-order valence-electron chi connectivity index (χ1n) is 11.7. The predicted molar refractivity (Wildman–Crippen MR) is 130 cm³/mol. The lowest BCUT2D eigenvalue weighted by Gasteiger charge is -2.27. The number of ether oxygens (including phenoxy) is 1. The van der Waals surface area contributed by atoms with Crippen molar-refractivity contribution in [3.8, 4) is 0 Å². The molecule has 8 nitrogen and oxygen atoms in total. The number of carbonyl (C=O) groups is 2. The lowest BCUT2D eigenvalue weighted by atomic mass is 9.97. The van der Waals surface area contributed by atoms with E-state index in [0.29, 0.717) is 70.1 Å². The number of ketones is 2. The Hall–Kier alpha value is -3.82. The van der Waals surface area contributed by atoms with Gasteiger partial charge in [-0.25, -0.2) is 4.39 Å². The molecule has 0 saturated carbocycles. The number of halogens is 1. The molecule has 0 bridgehead atoms. The summed E-state index contributed by atoms with van der Waals surface area (Å²) in [6.07, 6.45) is 3.38. The molecular weight excluding hydrogens is 451 g/mol. The van der Waals surface area contributed by atoms with Crippen molar-refractivity contribution in [1.29, 1.82) is 0 Å². The summed E-state index contributed by atoms with van der Waals surface area (Å²) in [7, 11) is 0. The molecule has 1 aliphatic heterocycles. The molecule has 0 spiro atoms. The lowest BCUT2D eigenvalue weighted by molar-refractivity contribution is 0.0366. The van der Waals surface area contributed by atoms with Crippen molar-refractivity contribution in [1.82, 2.24) is 19.4 Å². The number of fused-ring (bicyclic) bond motifs is 10. The fourth-order valence-electron chi connectivity index (χ4n) is 5.81. The number of pyridine rings is 1. The van der Waals surface area contributed by atoms with Crippen LogP contribution in [0.2, 0.25) is 0 Å². The number of benzene rings is 2. The van der Waals surface area contributed by atoms with Crippen molar-refractivity contribution in [2.24, 2.45) is 0 Å². The fraction of sp³-hybridized carbons (Fsp3) is 0.269. The van der Waals surface area contributed by atoms with Gasteiger partial charge in [-0.15, -0.1) is 0 Å². The third-order valence-corrected chi connectivity index (χ3v) is 7.37. The molecule has 2 N–H and O–H groups in total. The molecule has 5 aromatic rings. The average molecular weight is 472 g/mol. The first-order chi connectivity index (χ1) is 17.0. The molecule has 7 rings (SSSR count). The second kappa shape index (κ2) is 7.34. The molecule has 0 unspecified atom stereocenters. The molecule has 4 heterocycles. The van der Waals surface area contributed by atoms with E-state index in [-0.39, 0.29) is 18.0 Å². The summed E-state index contributed by atoms with van der Waals surface area (Å²) in [6.45, 7) is 4.17. The Morgan fingerprint density at radius 3 is 2.54 bits per heavy atom. The van der Waals surface area contributed by atoms with Crippen LogP contribution in [0, 0.1) is 5.82 Å². The molecule has 1 saturated heterocycles. The molecule has 2 aliphatic rings. The molecule has 3 aromatic heterocycles. The highest BCUT2D eigenvalue weighted by Crippen LogP contribution is 2.44. The van der Waals surface area contributed by atoms with Crippen LogP contribution in [0.4, 0.5) is 4.39 Å². The van der Waals surface area contributed by atoms with Gasteiger partial charge in [0, 0.05) is 77.3 Å². The third kappa shape index (κ3) is 2.82. The highest BCUT2D eigenvalue weighted by Gasteiger charge is 2.36. The van der Waals surface area contributed by atoms with Crippen molar-refractivity contribution in [2.75, 3.05) is 32.8 Å². The van der Waals surface area contributed by atoms with Crippen LogP contribution in [-0.4, -0.2) is 63.8 Å². The molecular formula is C26H21FN4O4. The number of carbonyl (C=O) groups excluding carboxylic acids is 2. The number of aromatic nitrogens is 3. The molecule has 1 fully saturated rings. The van der Waals surface area contributed by atoms with Gasteiger partial charge >= 0.3 is 0 Å². The van der Waals surface area contributed by atoms with E-state index < -0.39 is 11.2 Å². The Bertz CT molecular complexity index is 1790. The normalized spacial score (nSPS) is 16.9. The van der Waals surface area contributed by atoms with Crippen LogP contribution >= 0.6 is 0 Å². The minimum Gasteiger partial charge on any atom is -0.379 e. The first kappa shape index (κ1) is 20.5. The van der Waals surface area contributed by atoms with E-state index >= 15 is 0 Å². The van der Waals surface area contributed by atoms with E-state index in [2.05, 4.69) is 14.9 Å². The standard InChI is InChI=1S/C26H21FN4O4/c27-15-9-14-17(10-18(15)32)31(4-3-30-5-7-35-8-6-30)26-22(14)24-20(34)11-19(33)23(24)21-13-1-2-28-12-16(13)29-25(21)26/h1-2,9-10,12,28-29H,3-8,11H2. The van der Waals surface area contributed by atoms with Gasteiger partial charge in [-0.3, -0.25) is 19.3 Å². The zero-order valence-corrected chi connectivity index (χ0v) is 18.7. The Morgan fingerprint density at radius 1 is 0.971 bits per heavy atom. The first-order valence-corrected chi connectivity index (χ1v) is 11.7. The Morgan fingerprint density at radius 2 is 1.74 bits per heavy atom. The number of nitrogens with one attached hydrogen (secondary N) is 2. The van der Waals surface area contributed by atoms with Crippen molar-refractivity contribution in [3.05, 3.63) is 57.8 Å². The highest BCUT2D eigenvalue weighted by molar-refractivity contribution is 6.40. The van der Waals surface area contributed by atoms with Gasteiger partial charge in [0.1, 0.15) is 0 Å². The van der Waals surface area contributed by atoms with E-state index in [4.69, 9.17) is 4.74 Å².